The molecular formula is C23H19BrCl4N6S. The number of aryl methyl sites for hydroxylation is 1. The van der Waals surface area contributed by atoms with Crippen LogP contribution in [0.2, 0.25) is 20.1 Å². The molecule has 0 amide bonds. The summed E-state index contributed by atoms with van der Waals surface area (Å²) in [4.78, 5) is 0. The second kappa shape index (κ2) is 11.1. The summed E-state index contributed by atoms with van der Waals surface area (Å²) in [5.41, 5.74) is 4.54. The molecule has 2 aromatic carbocycles. The van der Waals surface area contributed by atoms with Crippen molar-refractivity contribution in [3.05, 3.63) is 89.7 Å². The van der Waals surface area contributed by atoms with E-state index < -0.39 is 0 Å². The highest BCUT2D eigenvalue weighted by Gasteiger charge is 2.15. The molecule has 2 N–H and O–H groups in total. The molecule has 6 nitrogen and oxygen atoms in total. The molecule has 0 fully saturated rings. The summed E-state index contributed by atoms with van der Waals surface area (Å²) in [7, 11) is 0. The van der Waals surface area contributed by atoms with Gasteiger partial charge in [0, 0.05) is 6.20 Å². The van der Waals surface area contributed by atoms with Gasteiger partial charge in [-0.3, -0.25) is 9.36 Å². The van der Waals surface area contributed by atoms with E-state index >= 15 is 0 Å². The van der Waals surface area contributed by atoms with Gasteiger partial charge in [-0.2, -0.15) is 10.2 Å². The minimum absolute atomic E-state index is 0.394. The zero-order valence-corrected chi connectivity index (χ0v) is 24.0. The molecule has 0 aliphatic rings. The van der Waals surface area contributed by atoms with Gasteiger partial charge in [-0.1, -0.05) is 58.5 Å². The van der Waals surface area contributed by atoms with Crippen molar-refractivity contribution in [3.63, 3.8) is 0 Å². The van der Waals surface area contributed by atoms with E-state index in [9.17, 15) is 0 Å². The summed E-state index contributed by atoms with van der Waals surface area (Å²) >= 11 is 33.4. The fourth-order valence-corrected chi connectivity index (χ4v) is 4.74. The van der Waals surface area contributed by atoms with Crippen LogP contribution in [0.5, 0.6) is 0 Å². The first kappa shape index (κ1) is 26.3. The Balaban J connectivity index is 1.44. The zero-order chi connectivity index (χ0) is 25.3. The van der Waals surface area contributed by atoms with Crippen molar-refractivity contribution >= 4 is 91.2 Å². The standard InChI is InChI=1S/C23H19BrCl4N6S/c1-12-21(13(2)34(31-12)10-15-4-6-18(26)20(28)8-15)29-23(35)30-22-16(24)11-33(32-22)9-14-3-5-17(25)19(27)7-14/h3-8,11H,9-10H2,1-2H3,(H2,29,30,32,35). The van der Waals surface area contributed by atoms with E-state index in [-0.39, 0.29) is 0 Å². The molecule has 2 heterocycles. The quantitative estimate of drug-likeness (QED) is 0.211. The molecule has 2 aromatic heterocycles. The maximum atomic E-state index is 6.15. The van der Waals surface area contributed by atoms with Crippen molar-refractivity contribution in [2.45, 2.75) is 26.9 Å². The summed E-state index contributed by atoms with van der Waals surface area (Å²) in [6, 6.07) is 11.0. The normalized spacial score (nSPS) is 11.1. The molecule has 35 heavy (non-hydrogen) atoms. The fraction of sp³-hybridized carbons (Fsp3) is 0.174. The number of benzene rings is 2. The Kier molecular flexibility index (Phi) is 8.30. The molecule has 4 aromatic rings. The van der Waals surface area contributed by atoms with Gasteiger partial charge in [-0.15, -0.1) is 0 Å². The Hall–Kier alpha value is -1.81. The van der Waals surface area contributed by atoms with Gasteiger partial charge in [0.05, 0.1) is 54.7 Å². The summed E-state index contributed by atoms with van der Waals surface area (Å²) in [6.07, 6.45) is 1.86. The summed E-state index contributed by atoms with van der Waals surface area (Å²) in [5, 5.41) is 18.0. The van der Waals surface area contributed by atoms with Gasteiger partial charge in [-0.25, -0.2) is 0 Å². The number of nitrogens with zero attached hydrogens (tertiary/aromatic N) is 4. The molecule has 0 atom stereocenters. The maximum absolute atomic E-state index is 6.15. The van der Waals surface area contributed by atoms with Gasteiger partial charge >= 0.3 is 0 Å². The number of aromatic nitrogens is 4. The van der Waals surface area contributed by atoms with Crippen LogP contribution in [0.25, 0.3) is 0 Å². The van der Waals surface area contributed by atoms with Gasteiger partial charge < -0.3 is 10.6 Å². The first-order chi connectivity index (χ1) is 16.6. The Morgan fingerprint density at radius 2 is 1.49 bits per heavy atom. The van der Waals surface area contributed by atoms with Crippen molar-refractivity contribution in [2.75, 3.05) is 10.6 Å². The molecule has 0 spiro atoms. The molecule has 0 saturated heterocycles. The van der Waals surface area contributed by atoms with Gasteiger partial charge in [0.25, 0.3) is 0 Å². The topological polar surface area (TPSA) is 59.7 Å². The van der Waals surface area contributed by atoms with Crippen LogP contribution >= 0.6 is 74.6 Å². The maximum Gasteiger partial charge on any atom is 0.176 e. The highest BCUT2D eigenvalue weighted by molar-refractivity contribution is 9.10. The number of hydrogen-bond acceptors (Lipinski definition) is 3. The van der Waals surface area contributed by atoms with E-state index in [1.807, 2.05) is 49.0 Å². The highest BCUT2D eigenvalue weighted by Crippen LogP contribution is 2.27. The summed E-state index contributed by atoms with van der Waals surface area (Å²) in [6.45, 7) is 4.97. The number of anilines is 2. The van der Waals surface area contributed by atoms with Crippen LogP contribution in [0.1, 0.15) is 22.5 Å². The Labute approximate surface area is 236 Å². The van der Waals surface area contributed by atoms with Gasteiger partial charge in [0.15, 0.2) is 10.9 Å². The number of halogens is 5. The van der Waals surface area contributed by atoms with E-state index in [0.29, 0.717) is 44.1 Å². The van der Waals surface area contributed by atoms with E-state index in [2.05, 4.69) is 36.8 Å². The van der Waals surface area contributed by atoms with Crippen molar-refractivity contribution in [3.8, 4) is 0 Å². The Bertz CT molecular complexity index is 1420. The van der Waals surface area contributed by atoms with Crippen LogP contribution in [0.15, 0.2) is 47.1 Å². The average Bonchev–Trinajstić information content (AvgIpc) is 3.26. The van der Waals surface area contributed by atoms with Crippen LogP contribution in [-0.2, 0) is 13.1 Å². The number of hydrogen-bond donors (Lipinski definition) is 2. The van der Waals surface area contributed by atoms with Crippen LogP contribution in [-0.4, -0.2) is 24.7 Å². The van der Waals surface area contributed by atoms with Crippen LogP contribution < -0.4 is 10.6 Å². The lowest BCUT2D eigenvalue weighted by Crippen LogP contribution is -2.20. The number of rotatable bonds is 6. The second-order valence-electron chi connectivity index (χ2n) is 7.80. The monoisotopic (exact) mass is 630 g/mol. The molecule has 0 aliphatic heterocycles. The SMILES string of the molecule is Cc1nn(Cc2ccc(Cl)c(Cl)c2)c(C)c1NC(=S)Nc1nn(Cc2ccc(Cl)c(Cl)c2)cc1Br. The molecular weight excluding hydrogens is 614 g/mol. The summed E-state index contributed by atoms with van der Waals surface area (Å²) in [5.74, 6) is 0.584. The first-order valence-corrected chi connectivity index (χ1v) is 13.0. The third-order valence-corrected chi connectivity index (χ3v) is 7.48. The van der Waals surface area contributed by atoms with Crippen molar-refractivity contribution in [1.29, 1.82) is 0 Å². The highest BCUT2D eigenvalue weighted by atomic mass is 79.9. The molecule has 0 saturated carbocycles. The number of thiocarbonyl (C=S) groups is 1. The van der Waals surface area contributed by atoms with Crippen molar-refractivity contribution in [2.24, 2.45) is 0 Å². The first-order valence-electron chi connectivity index (χ1n) is 10.3. The lowest BCUT2D eigenvalue weighted by Gasteiger charge is -2.10. The number of nitrogens with one attached hydrogen (secondary N) is 2. The third kappa shape index (κ3) is 6.31. The Morgan fingerprint density at radius 1 is 0.886 bits per heavy atom. The van der Waals surface area contributed by atoms with E-state index in [1.165, 1.54) is 0 Å². The van der Waals surface area contributed by atoms with Crippen LogP contribution in [0.4, 0.5) is 11.5 Å². The van der Waals surface area contributed by atoms with E-state index in [0.717, 1.165) is 32.7 Å². The lowest BCUT2D eigenvalue weighted by atomic mass is 10.2. The minimum atomic E-state index is 0.394. The van der Waals surface area contributed by atoms with Crippen molar-refractivity contribution < 1.29 is 0 Å². The predicted octanol–water partition coefficient (Wildman–Crippen LogP) is 7.98. The largest absolute Gasteiger partial charge is 0.329 e. The Morgan fingerprint density at radius 3 is 2.09 bits per heavy atom. The third-order valence-electron chi connectivity index (χ3n) is 5.21. The average molecular weight is 633 g/mol. The second-order valence-corrected chi connectivity index (χ2v) is 10.7. The molecule has 12 heteroatoms. The zero-order valence-electron chi connectivity index (χ0n) is 18.5. The van der Waals surface area contributed by atoms with E-state index in [1.54, 1.807) is 16.8 Å². The van der Waals surface area contributed by atoms with Crippen LogP contribution in [0, 0.1) is 13.8 Å². The fourth-order valence-electron chi connectivity index (χ4n) is 3.48. The lowest BCUT2D eigenvalue weighted by molar-refractivity contribution is 0.659. The van der Waals surface area contributed by atoms with Crippen LogP contribution in [0.3, 0.4) is 0 Å². The van der Waals surface area contributed by atoms with Crippen molar-refractivity contribution in [1.82, 2.24) is 19.6 Å². The molecule has 0 aliphatic carbocycles. The van der Waals surface area contributed by atoms with Gasteiger partial charge in [0.1, 0.15) is 0 Å². The van der Waals surface area contributed by atoms with E-state index in [4.69, 9.17) is 58.6 Å². The molecule has 0 unspecified atom stereocenters. The summed E-state index contributed by atoms with van der Waals surface area (Å²) < 4.78 is 4.44. The molecule has 4 rings (SSSR count). The smallest absolute Gasteiger partial charge is 0.176 e. The van der Waals surface area contributed by atoms with Gasteiger partial charge in [0.2, 0.25) is 0 Å². The van der Waals surface area contributed by atoms with Gasteiger partial charge in [-0.05, 0) is 77.4 Å². The minimum Gasteiger partial charge on any atom is -0.329 e. The molecule has 0 radical (unpaired) electrons. The molecule has 182 valence electrons. The predicted molar refractivity (Wildman–Crippen MR) is 153 cm³/mol. The molecule has 0 bridgehead atoms.